The van der Waals surface area contributed by atoms with Crippen LogP contribution in [0.4, 0.5) is 11.5 Å². The van der Waals surface area contributed by atoms with Crippen molar-refractivity contribution in [3.63, 3.8) is 0 Å². The Balaban J connectivity index is 2.25. The van der Waals surface area contributed by atoms with Crippen molar-refractivity contribution in [2.45, 2.75) is 26.7 Å². The van der Waals surface area contributed by atoms with Gasteiger partial charge in [0.15, 0.2) is 0 Å². The first-order valence-electron chi connectivity index (χ1n) is 7.03. The Kier molecular flexibility index (Phi) is 4.57. The minimum atomic E-state index is -0.151. The van der Waals surface area contributed by atoms with Crippen molar-refractivity contribution < 1.29 is 4.79 Å². The summed E-state index contributed by atoms with van der Waals surface area (Å²) in [5.74, 6) is 0.552. The van der Waals surface area contributed by atoms with Crippen molar-refractivity contribution in [3.8, 4) is 0 Å². The summed E-state index contributed by atoms with van der Waals surface area (Å²) in [5, 5.41) is 10.1. The lowest BCUT2D eigenvalue weighted by molar-refractivity contribution is 0.102. The molecule has 0 atom stereocenters. The predicted molar refractivity (Wildman–Crippen MR) is 83.7 cm³/mol. The standard InChI is InChI=1S/C15H21N5O/c1-5-6-12-7-11(8-14(16-3)17-12)15(21)18-13-9-20(4)19-10(13)2/h7-9H,5-6H2,1-4H3,(H,16,17)(H,18,21). The molecule has 0 bridgehead atoms. The van der Waals surface area contributed by atoms with E-state index in [0.717, 1.165) is 29.9 Å². The van der Waals surface area contributed by atoms with Crippen molar-refractivity contribution >= 4 is 17.4 Å². The van der Waals surface area contributed by atoms with Crippen LogP contribution in [0.2, 0.25) is 0 Å². The molecule has 0 aliphatic rings. The number of rotatable bonds is 5. The summed E-state index contributed by atoms with van der Waals surface area (Å²) in [6, 6.07) is 3.59. The summed E-state index contributed by atoms with van der Waals surface area (Å²) in [4.78, 5) is 16.8. The summed E-state index contributed by atoms with van der Waals surface area (Å²) in [5.41, 5.74) is 3.03. The van der Waals surface area contributed by atoms with Crippen LogP contribution in [0.3, 0.4) is 0 Å². The average Bonchev–Trinajstić information content (AvgIpc) is 2.76. The largest absolute Gasteiger partial charge is 0.373 e. The molecule has 2 aromatic heterocycles. The van der Waals surface area contributed by atoms with E-state index < -0.39 is 0 Å². The first kappa shape index (κ1) is 15.0. The number of nitrogens with zero attached hydrogens (tertiary/aromatic N) is 3. The molecule has 0 fully saturated rings. The van der Waals surface area contributed by atoms with E-state index in [4.69, 9.17) is 0 Å². The number of carbonyl (C=O) groups is 1. The van der Waals surface area contributed by atoms with Crippen molar-refractivity contribution in [2.75, 3.05) is 17.7 Å². The highest BCUT2D eigenvalue weighted by Crippen LogP contribution is 2.16. The summed E-state index contributed by atoms with van der Waals surface area (Å²) >= 11 is 0. The molecule has 0 spiro atoms. The molecule has 0 aliphatic heterocycles. The van der Waals surface area contributed by atoms with Crippen molar-refractivity contribution in [1.29, 1.82) is 0 Å². The molecule has 0 radical (unpaired) electrons. The minimum Gasteiger partial charge on any atom is -0.373 e. The van der Waals surface area contributed by atoms with Gasteiger partial charge in [-0.15, -0.1) is 0 Å². The van der Waals surface area contributed by atoms with Gasteiger partial charge in [-0.25, -0.2) is 4.98 Å². The zero-order valence-corrected chi connectivity index (χ0v) is 12.9. The van der Waals surface area contributed by atoms with Gasteiger partial charge in [0.2, 0.25) is 0 Å². The maximum atomic E-state index is 12.4. The zero-order chi connectivity index (χ0) is 15.4. The highest BCUT2D eigenvalue weighted by atomic mass is 16.1. The number of pyridine rings is 1. The fourth-order valence-corrected chi connectivity index (χ4v) is 2.15. The molecule has 0 aromatic carbocycles. The summed E-state index contributed by atoms with van der Waals surface area (Å²) in [6.07, 6.45) is 3.63. The molecular formula is C15H21N5O. The number of hydrogen-bond donors (Lipinski definition) is 2. The van der Waals surface area contributed by atoms with Crippen LogP contribution in [0, 0.1) is 6.92 Å². The second-order valence-electron chi connectivity index (χ2n) is 4.99. The Bertz CT molecular complexity index is 648. The molecule has 1 amide bonds. The molecule has 6 nitrogen and oxygen atoms in total. The third-order valence-corrected chi connectivity index (χ3v) is 3.16. The number of anilines is 2. The molecule has 0 saturated heterocycles. The summed E-state index contributed by atoms with van der Waals surface area (Å²) < 4.78 is 1.68. The van der Waals surface area contributed by atoms with Crippen molar-refractivity contribution in [2.24, 2.45) is 7.05 Å². The molecule has 2 aromatic rings. The average molecular weight is 287 g/mol. The van der Waals surface area contributed by atoms with Gasteiger partial charge in [-0.05, 0) is 25.5 Å². The molecule has 0 aliphatic carbocycles. The predicted octanol–water partition coefficient (Wildman–Crippen LogP) is 2.37. The number of aryl methyl sites for hydroxylation is 3. The van der Waals surface area contributed by atoms with E-state index >= 15 is 0 Å². The number of hydrogen-bond acceptors (Lipinski definition) is 4. The van der Waals surface area contributed by atoms with E-state index in [-0.39, 0.29) is 5.91 Å². The lowest BCUT2D eigenvalue weighted by atomic mass is 10.1. The Morgan fingerprint density at radius 1 is 1.38 bits per heavy atom. The van der Waals surface area contributed by atoms with Crippen molar-refractivity contribution in [1.82, 2.24) is 14.8 Å². The van der Waals surface area contributed by atoms with Gasteiger partial charge < -0.3 is 10.6 Å². The first-order valence-corrected chi connectivity index (χ1v) is 7.03. The fourth-order valence-electron chi connectivity index (χ4n) is 2.15. The topological polar surface area (TPSA) is 71.8 Å². The van der Waals surface area contributed by atoms with Crippen LogP contribution in [-0.4, -0.2) is 27.7 Å². The van der Waals surface area contributed by atoms with Crippen LogP contribution in [0.15, 0.2) is 18.3 Å². The molecule has 2 rings (SSSR count). The molecule has 0 unspecified atom stereocenters. The van der Waals surface area contributed by atoms with E-state index in [1.165, 1.54) is 0 Å². The van der Waals surface area contributed by atoms with Gasteiger partial charge in [0.05, 0.1) is 11.4 Å². The lowest BCUT2D eigenvalue weighted by Crippen LogP contribution is -2.13. The first-order chi connectivity index (χ1) is 10.0. The van der Waals surface area contributed by atoms with Gasteiger partial charge >= 0.3 is 0 Å². The Hall–Kier alpha value is -2.37. The van der Waals surface area contributed by atoms with E-state index in [2.05, 4.69) is 27.6 Å². The van der Waals surface area contributed by atoms with Crippen LogP contribution in [0.25, 0.3) is 0 Å². The molecule has 2 N–H and O–H groups in total. The van der Waals surface area contributed by atoms with Gasteiger partial charge in [0, 0.05) is 31.5 Å². The molecule has 0 saturated carbocycles. The highest BCUT2D eigenvalue weighted by molar-refractivity contribution is 6.05. The quantitative estimate of drug-likeness (QED) is 0.885. The highest BCUT2D eigenvalue weighted by Gasteiger charge is 2.12. The van der Waals surface area contributed by atoms with Gasteiger partial charge in [0.1, 0.15) is 5.82 Å². The van der Waals surface area contributed by atoms with Gasteiger partial charge in [-0.1, -0.05) is 13.3 Å². The maximum Gasteiger partial charge on any atom is 0.255 e. The van der Waals surface area contributed by atoms with Gasteiger partial charge in [-0.3, -0.25) is 9.48 Å². The smallest absolute Gasteiger partial charge is 0.255 e. The fraction of sp³-hybridized carbons (Fsp3) is 0.400. The number of nitrogens with one attached hydrogen (secondary N) is 2. The van der Waals surface area contributed by atoms with Crippen LogP contribution in [0.1, 0.15) is 35.1 Å². The second-order valence-corrected chi connectivity index (χ2v) is 4.99. The normalized spacial score (nSPS) is 10.5. The zero-order valence-electron chi connectivity index (χ0n) is 12.9. The number of amides is 1. The number of aromatic nitrogens is 3. The van der Waals surface area contributed by atoms with Crippen molar-refractivity contribution in [3.05, 3.63) is 35.3 Å². The minimum absolute atomic E-state index is 0.151. The molecule has 2 heterocycles. The van der Waals surface area contributed by atoms with Gasteiger partial charge in [-0.2, -0.15) is 5.10 Å². The van der Waals surface area contributed by atoms with Crippen LogP contribution in [-0.2, 0) is 13.5 Å². The molecule has 112 valence electrons. The van der Waals surface area contributed by atoms with E-state index in [0.29, 0.717) is 11.4 Å². The maximum absolute atomic E-state index is 12.4. The number of carbonyl (C=O) groups excluding carboxylic acids is 1. The summed E-state index contributed by atoms with van der Waals surface area (Å²) in [6.45, 7) is 3.95. The third-order valence-electron chi connectivity index (χ3n) is 3.16. The van der Waals surface area contributed by atoms with Crippen LogP contribution in [0.5, 0.6) is 0 Å². The second kappa shape index (κ2) is 6.39. The Labute approximate surface area is 124 Å². The third kappa shape index (κ3) is 3.59. The Morgan fingerprint density at radius 3 is 2.71 bits per heavy atom. The van der Waals surface area contributed by atoms with Crippen LogP contribution >= 0.6 is 0 Å². The summed E-state index contributed by atoms with van der Waals surface area (Å²) in [7, 11) is 3.62. The van der Waals surface area contributed by atoms with Crippen LogP contribution < -0.4 is 10.6 Å². The monoisotopic (exact) mass is 287 g/mol. The van der Waals surface area contributed by atoms with E-state index in [9.17, 15) is 4.79 Å². The lowest BCUT2D eigenvalue weighted by Gasteiger charge is -2.08. The van der Waals surface area contributed by atoms with Gasteiger partial charge in [0.25, 0.3) is 5.91 Å². The molecule has 6 heteroatoms. The van der Waals surface area contributed by atoms with E-state index in [1.807, 2.05) is 20.0 Å². The molecule has 21 heavy (non-hydrogen) atoms. The van der Waals surface area contributed by atoms with E-state index in [1.54, 1.807) is 24.0 Å². The Morgan fingerprint density at radius 2 is 2.14 bits per heavy atom. The SMILES string of the molecule is CCCc1cc(C(=O)Nc2cn(C)nc2C)cc(NC)n1. The molecular weight excluding hydrogens is 266 g/mol.